The molecule has 0 bridgehead atoms. The Labute approximate surface area is 132 Å². The van der Waals surface area contributed by atoms with Crippen LogP contribution in [0.3, 0.4) is 0 Å². The normalized spacial score (nSPS) is 25.6. The van der Waals surface area contributed by atoms with Crippen molar-refractivity contribution in [3.8, 4) is 11.5 Å². The van der Waals surface area contributed by atoms with Gasteiger partial charge in [-0.3, -0.25) is 0 Å². The molecule has 1 saturated carbocycles. The first kappa shape index (κ1) is 15.6. The monoisotopic (exact) mass is 305 g/mol. The molecular weight excluding hydrogens is 278 g/mol. The van der Waals surface area contributed by atoms with Crippen molar-refractivity contribution in [2.45, 2.75) is 44.1 Å². The van der Waals surface area contributed by atoms with E-state index in [0.29, 0.717) is 5.92 Å². The molecule has 1 aliphatic heterocycles. The van der Waals surface area contributed by atoms with Gasteiger partial charge in [-0.15, -0.1) is 0 Å². The lowest BCUT2D eigenvalue weighted by Gasteiger charge is -2.46. The van der Waals surface area contributed by atoms with Crippen molar-refractivity contribution in [2.24, 2.45) is 5.92 Å². The maximum Gasteiger partial charge on any atom is 0.161 e. The van der Waals surface area contributed by atoms with Crippen molar-refractivity contribution < 1.29 is 14.6 Å². The van der Waals surface area contributed by atoms with Crippen LogP contribution in [-0.4, -0.2) is 32.5 Å². The number of hydrogen-bond acceptors (Lipinski definition) is 4. The Morgan fingerprint density at radius 3 is 2.45 bits per heavy atom. The minimum Gasteiger partial charge on any atom is -0.493 e. The van der Waals surface area contributed by atoms with Gasteiger partial charge in [0.2, 0.25) is 0 Å². The number of methoxy groups -OCH3 is 2. The van der Waals surface area contributed by atoms with Gasteiger partial charge in [0.05, 0.1) is 26.4 Å². The summed E-state index contributed by atoms with van der Waals surface area (Å²) in [5, 5.41) is 13.9. The SMILES string of the molecule is COc1cc2c(cc1OC)[C@@](CO)(C1CCCCC1)NCC2. The van der Waals surface area contributed by atoms with Gasteiger partial charge in [-0.05, 0) is 48.4 Å². The van der Waals surface area contributed by atoms with Gasteiger partial charge in [-0.2, -0.15) is 0 Å². The molecule has 0 saturated heterocycles. The fourth-order valence-electron chi connectivity index (χ4n) is 4.29. The zero-order valence-corrected chi connectivity index (χ0v) is 13.7. The van der Waals surface area contributed by atoms with Gasteiger partial charge in [0.1, 0.15) is 0 Å². The first-order valence-electron chi connectivity index (χ1n) is 8.36. The molecule has 0 amide bonds. The highest BCUT2D eigenvalue weighted by molar-refractivity contribution is 5.51. The molecule has 2 N–H and O–H groups in total. The standard InChI is InChI=1S/C18H27NO3/c1-21-16-10-13-8-9-19-18(12-20,14-6-4-3-5-7-14)15(13)11-17(16)22-2/h10-11,14,19-20H,3-9,12H2,1-2H3/t18-/m1/s1. The van der Waals surface area contributed by atoms with E-state index in [2.05, 4.69) is 17.4 Å². The lowest BCUT2D eigenvalue weighted by Crippen LogP contribution is -2.55. The summed E-state index contributed by atoms with van der Waals surface area (Å²) in [6, 6.07) is 4.16. The molecule has 1 fully saturated rings. The highest BCUT2D eigenvalue weighted by atomic mass is 16.5. The molecular formula is C18H27NO3. The molecule has 2 aliphatic rings. The van der Waals surface area contributed by atoms with E-state index in [4.69, 9.17) is 9.47 Å². The van der Waals surface area contributed by atoms with Crippen LogP contribution < -0.4 is 14.8 Å². The molecule has 122 valence electrons. The molecule has 1 aliphatic carbocycles. The largest absolute Gasteiger partial charge is 0.493 e. The van der Waals surface area contributed by atoms with Gasteiger partial charge in [0, 0.05) is 6.54 Å². The zero-order valence-electron chi connectivity index (χ0n) is 13.7. The fraction of sp³-hybridized carbons (Fsp3) is 0.667. The van der Waals surface area contributed by atoms with Gasteiger partial charge >= 0.3 is 0 Å². The van der Waals surface area contributed by atoms with Gasteiger partial charge < -0.3 is 19.9 Å². The third kappa shape index (κ3) is 2.48. The zero-order chi connectivity index (χ0) is 15.6. The molecule has 1 aromatic carbocycles. The third-order valence-corrected chi connectivity index (χ3v) is 5.48. The van der Waals surface area contributed by atoms with Crippen LogP contribution in [0.25, 0.3) is 0 Å². The third-order valence-electron chi connectivity index (χ3n) is 5.48. The summed E-state index contributed by atoms with van der Waals surface area (Å²) in [6.45, 7) is 1.04. The van der Waals surface area contributed by atoms with Crippen LogP contribution >= 0.6 is 0 Å². The first-order chi connectivity index (χ1) is 10.7. The highest BCUT2D eigenvalue weighted by Crippen LogP contribution is 2.45. The van der Waals surface area contributed by atoms with Gasteiger partial charge in [0.25, 0.3) is 0 Å². The van der Waals surface area contributed by atoms with Crippen LogP contribution in [0.1, 0.15) is 43.2 Å². The van der Waals surface area contributed by atoms with Crippen LogP contribution in [0.5, 0.6) is 11.5 Å². The van der Waals surface area contributed by atoms with Crippen LogP contribution in [0, 0.1) is 5.92 Å². The minimum absolute atomic E-state index is 0.139. The van der Waals surface area contributed by atoms with Gasteiger partial charge in [-0.25, -0.2) is 0 Å². The molecule has 0 aromatic heterocycles. The van der Waals surface area contributed by atoms with Crippen molar-refractivity contribution in [3.63, 3.8) is 0 Å². The predicted molar refractivity (Wildman–Crippen MR) is 86.6 cm³/mol. The van der Waals surface area contributed by atoms with Crippen molar-refractivity contribution in [3.05, 3.63) is 23.3 Å². The minimum atomic E-state index is -0.326. The average molecular weight is 305 g/mol. The summed E-state index contributed by atoms with van der Waals surface area (Å²) in [4.78, 5) is 0. The molecule has 1 atom stereocenters. The Bertz CT molecular complexity index is 525. The Morgan fingerprint density at radius 1 is 1.14 bits per heavy atom. The molecule has 22 heavy (non-hydrogen) atoms. The van der Waals surface area contributed by atoms with E-state index in [9.17, 15) is 5.11 Å². The van der Waals surface area contributed by atoms with E-state index in [1.54, 1.807) is 14.2 Å². The Kier molecular flexibility index (Phi) is 4.59. The van der Waals surface area contributed by atoms with E-state index < -0.39 is 0 Å². The maximum atomic E-state index is 10.3. The van der Waals surface area contributed by atoms with Crippen molar-refractivity contribution >= 4 is 0 Å². The first-order valence-corrected chi connectivity index (χ1v) is 8.36. The van der Waals surface area contributed by atoms with Gasteiger partial charge in [-0.1, -0.05) is 19.3 Å². The summed E-state index contributed by atoms with van der Waals surface area (Å²) < 4.78 is 10.9. The van der Waals surface area contributed by atoms with Crippen LogP contribution in [0.4, 0.5) is 0 Å². The number of rotatable bonds is 4. The number of aliphatic hydroxyl groups is 1. The molecule has 4 nitrogen and oxygen atoms in total. The Morgan fingerprint density at radius 2 is 1.82 bits per heavy atom. The summed E-state index contributed by atoms with van der Waals surface area (Å²) in [5.41, 5.74) is 2.15. The average Bonchev–Trinajstić information content (AvgIpc) is 2.60. The second-order valence-corrected chi connectivity index (χ2v) is 6.51. The van der Waals surface area contributed by atoms with E-state index in [1.165, 1.54) is 43.2 Å². The van der Waals surface area contributed by atoms with Crippen molar-refractivity contribution in [1.82, 2.24) is 5.32 Å². The summed E-state index contributed by atoms with van der Waals surface area (Å²) >= 11 is 0. The summed E-state index contributed by atoms with van der Waals surface area (Å²) in [7, 11) is 3.34. The second-order valence-electron chi connectivity index (χ2n) is 6.51. The van der Waals surface area contributed by atoms with Crippen molar-refractivity contribution in [2.75, 3.05) is 27.4 Å². The quantitative estimate of drug-likeness (QED) is 0.898. The van der Waals surface area contributed by atoms with E-state index in [1.807, 2.05) is 0 Å². The summed E-state index contributed by atoms with van der Waals surface area (Å²) in [5.74, 6) is 2.01. The van der Waals surface area contributed by atoms with Crippen LogP contribution in [0.2, 0.25) is 0 Å². The Balaban J connectivity index is 2.07. The molecule has 0 radical (unpaired) electrons. The number of hydrogen-bond donors (Lipinski definition) is 2. The molecule has 1 heterocycles. The molecule has 0 spiro atoms. The molecule has 0 unspecified atom stereocenters. The number of nitrogens with one attached hydrogen (secondary N) is 1. The second kappa shape index (κ2) is 6.47. The van der Waals surface area contributed by atoms with Crippen LogP contribution in [-0.2, 0) is 12.0 Å². The lowest BCUT2D eigenvalue weighted by atomic mass is 9.68. The smallest absolute Gasteiger partial charge is 0.161 e. The number of ether oxygens (including phenoxy) is 2. The lowest BCUT2D eigenvalue weighted by molar-refractivity contribution is 0.0730. The topological polar surface area (TPSA) is 50.7 Å². The fourth-order valence-corrected chi connectivity index (χ4v) is 4.29. The highest BCUT2D eigenvalue weighted by Gasteiger charge is 2.43. The molecule has 4 heteroatoms. The number of fused-ring (bicyclic) bond motifs is 1. The predicted octanol–water partition coefficient (Wildman–Crippen LogP) is 2.62. The van der Waals surface area contributed by atoms with Crippen molar-refractivity contribution in [1.29, 1.82) is 0 Å². The maximum absolute atomic E-state index is 10.3. The molecule has 3 rings (SSSR count). The van der Waals surface area contributed by atoms with Gasteiger partial charge in [0.15, 0.2) is 11.5 Å². The van der Waals surface area contributed by atoms with E-state index >= 15 is 0 Å². The number of benzene rings is 1. The van der Waals surface area contributed by atoms with E-state index in [-0.39, 0.29) is 12.1 Å². The number of aliphatic hydroxyl groups excluding tert-OH is 1. The summed E-state index contributed by atoms with van der Waals surface area (Å²) in [6.07, 6.45) is 7.16. The molecule has 1 aromatic rings. The Hall–Kier alpha value is -1.26. The van der Waals surface area contributed by atoms with E-state index in [0.717, 1.165) is 24.5 Å². The van der Waals surface area contributed by atoms with Crippen LogP contribution in [0.15, 0.2) is 12.1 Å².